The van der Waals surface area contributed by atoms with Gasteiger partial charge in [0.25, 0.3) is 0 Å². The number of benzene rings is 1. The van der Waals surface area contributed by atoms with Crippen LogP contribution in [0.25, 0.3) is 0 Å². The molecule has 2 nitrogen and oxygen atoms in total. The maximum Gasteiger partial charge on any atom is 0.147 e. The van der Waals surface area contributed by atoms with Crippen LogP contribution in [0, 0.1) is 11.8 Å². The third-order valence-corrected chi connectivity index (χ3v) is 5.24. The van der Waals surface area contributed by atoms with Gasteiger partial charge in [-0.25, -0.2) is 0 Å². The molecule has 0 radical (unpaired) electrons. The number of hydrogen-bond acceptors (Lipinski definition) is 3. The Balaban J connectivity index is 1.91. The molecule has 0 unspecified atom stereocenters. The largest absolute Gasteiger partial charge is 0.352 e. The average Bonchev–Trinajstić information content (AvgIpc) is 2.79. The Morgan fingerprint density at radius 3 is 2.67 bits per heavy atom. The van der Waals surface area contributed by atoms with Crippen LogP contribution in [-0.4, -0.2) is 16.8 Å². The standard InChI is InChI=1S/C15H16O2S/c1-10-13-8-9-15(17-13,11(2)14(10)16)18-12-6-4-3-5-7-12/h3-11,13H,1-2H3/t10-,11-,13+,15-/m0/s1. The summed E-state index contributed by atoms with van der Waals surface area (Å²) in [4.78, 5) is 12.9. The van der Waals surface area contributed by atoms with Crippen molar-refractivity contribution in [2.24, 2.45) is 11.8 Å². The SMILES string of the molecule is C[C@@H]1C(=O)[C@H](C)[C@@]2(Sc3ccccc3)C=C[C@H]1O2. The van der Waals surface area contributed by atoms with Gasteiger partial charge in [0.05, 0.1) is 12.0 Å². The van der Waals surface area contributed by atoms with Crippen LogP contribution in [-0.2, 0) is 9.53 Å². The van der Waals surface area contributed by atoms with Crippen molar-refractivity contribution in [1.29, 1.82) is 0 Å². The highest BCUT2D eigenvalue weighted by Gasteiger charge is 2.52. The Labute approximate surface area is 111 Å². The predicted molar refractivity (Wildman–Crippen MR) is 72.4 cm³/mol. The molecule has 3 heteroatoms. The fourth-order valence-electron chi connectivity index (χ4n) is 2.61. The summed E-state index contributed by atoms with van der Waals surface area (Å²) in [7, 11) is 0. The highest BCUT2D eigenvalue weighted by molar-refractivity contribution is 8.00. The topological polar surface area (TPSA) is 26.3 Å². The van der Waals surface area contributed by atoms with Crippen LogP contribution >= 0.6 is 11.8 Å². The van der Waals surface area contributed by atoms with Crippen LogP contribution in [0.1, 0.15) is 13.8 Å². The number of ketones is 1. The van der Waals surface area contributed by atoms with Crippen LogP contribution in [0.15, 0.2) is 47.4 Å². The van der Waals surface area contributed by atoms with Gasteiger partial charge in [-0.2, -0.15) is 0 Å². The Kier molecular flexibility index (Phi) is 2.83. The summed E-state index contributed by atoms with van der Waals surface area (Å²) in [6, 6.07) is 10.1. The minimum absolute atomic E-state index is 0.0248. The van der Waals surface area contributed by atoms with Crippen molar-refractivity contribution >= 4 is 17.5 Å². The van der Waals surface area contributed by atoms with E-state index in [1.165, 1.54) is 0 Å². The molecule has 94 valence electrons. The third-order valence-electron chi connectivity index (χ3n) is 3.83. The lowest BCUT2D eigenvalue weighted by atomic mass is 9.87. The molecule has 0 N–H and O–H groups in total. The summed E-state index contributed by atoms with van der Waals surface area (Å²) < 4.78 is 6.11. The van der Waals surface area contributed by atoms with Gasteiger partial charge in [-0.15, -0.1) is 0 Å². The van der Waals surface area contributed by atoms with Gasteiger partial charge in [0.15, 0.2) is 0 Å². The van der Waals surface area contributed by atoms with E-state index in [9.17, 15) is 4.79 Å². The fraction of sp³-hybridized carbons (Fsp3) is 0.400. The Hall–Kier alpha value is -1.06. The van der Waals surface area contributed by atoms with E-state index in [1.54, 1.807) is 11.8 Å². The zero-order chi connectivity index (χ0) is 12.8. The number of thioether (sulfide) groups is 1. The monoisotopic (exact) mass is 260 g/mol. The first-order valence-corrected chi connectivity index (χ1v) is 7.09. The molecular formula is C15H16O2S. The molecule has 3 rings (SSSR count). The summed E-state index contributed by atoms with van der Waals surface area (Å²) >= 11 is 1.64. The summed E-state index contributed by atoms with van der Waals surface area (Å²) in [5, 5.41) is 0. The van der Waals surface area contributed by atoms with Gasteiger partial charge in [0.2, 0.25) is 0 Å². The molecule has 2 bridgehead atoms. The molecule has 1 fully saturated rings. The molecule has 0 aromatic heterocycles. The van der Waals surface area contributed by atoms with Gasteiger partial charge in [-0.3, -0.25) is 4.79 Å². The van der Waals surface area contributed by atoms with Crippen LogP contribution in [0.4, 0.5) is 0 Å². The Morgan fingerprint density at radius 2 is 1.94 bits per heavy atom. The van der Waals surface area contributed by atoms with Crippen molar-refractivity contribution in [2.45, 2.75) is 29.8 Å². The minimum atomic E-state index is -0.504. The van der Waals surface area contributed by atoms with Crippen LogP contribution < -0.4 is 0 Å². The number of rotatable bonds is 2. The molecule has 0 spiro atoms. The molecule has 1 aromatic rings. The van der Waals surface area contributed by atoms with Gasteiger partial charge in [0.1, 0.15) is 10.7 Å². The molecule has 2 aliphatic rings. The smallest absolute Gasteiger partial charge is 0.147 e. The van der Waals surface area contributed by atoms with Gasteiger partial charge in [-0.1, -0.05) is 49.9 Å². The maximum absolute atomic E-state index is 12.2. The number of ether oxygens (including phenoxy) is 1. The summed E-state index contributed by atoms with van der Waals surface area (Å²) in [5.41, 5.74) is 0. The molecule has 4 atom stereocenters. The molecular weight excluding hydrogens is 244 g/mol. The first-order valence-electron chi connectivity index (χ1n) is 6.27. The number of hydrogen-bond donors (Lipinski definition) is 0. The van der Waals surface area contributed by atoms with Crippen molar-refractivity contribution in [3.8, 4) is 0 Å². The lowest BCUT2D eigenvalue weighted by molar-refractivity contribution is -0.146. The highest BCUT2D eigenvalue weighted by Crippen LogP contribution is 2.50. The number of fused-ring (bicyclic) bond motifs is 2. The molecule has 0 aliphatic carbocycles. The van der Waals surface area contributed by atoms with Crippen LogP contribution in [0.3, 0.4) is 0 Å². The van der Waals surface area contributed by atoms with E-state index >= 15 is 0 Å². The Morgan fingerprint density at radius 1 is 1.22 bits per heavy atom. The van der Waals surface area contributed by atoms with E-state index in [0.29, 0.717) is 5.78 Å². The van der Waals surface area contributed by atoms with Gasteiger partial charge >= 0.3 is 0 Å². The molecule has 2 heterocycles. The second kappa shape index (κ2) is 4.25. The van der Waals surface area contributed by atoms with E-state index in [1.807, 2.05) is 38.1 Å². The fourth-order valence-corrected chi connectivity index (χ4v) is 3.87. The number of carbonyl (C=O) groups excluding carboxylic acids is 1. The molecule has 0 saturated carbocycles. The van der Waals surface area contributed by atoms with Crippen molar-refractivity contribution in [3.05, 3.63) is 42.5 Å². The van der Waals surface area contributed by atoms with E-state index in [4.69, 9.17) is 4.74 Å². The first-order chi connectivity index (χ1) is 8.62. The lowest BCUT2D eigenvalue weighted by Crippen LogP contribution is -2.48. The maximum atomic E-state index is 12.2. The molecule has 1 saturated heterocycles. The first kappa shape index (κ1) is 12.0. The van der Waals surface area contributed by atoms with Crippen molar-refractivity contribution in [2.75, 3.05) is 0 Å². The van der Waals surface area contributed by atoms with Crippen molar-refractivity contribution < 1.29 is 9.53 Å². The molecule has 0 amide bonds. The zero-order valence-corrected chi connectivity index (χ0v) is 11.3. The van der Waals surface area contributed by atoms with Crippen molar-refractivity contribution in [3.63, 3.8) is 0 Å². The van der Waals surface area contributed by atoms with E-state index in [0.717, 1.165) is 4.90 Å². The highest BCUT2D eigenvalue weighted by atomic mass is 32.2. The minimum Gasteiger partial charge on any atom is -0.352 e. The van der Waals surface area contributed by atoms with Gasteiger partial charge < -0.3 is 4.74 Å². The van der Waals surface area contributed by atoms with Gasteiger partial charge in [0, 0.05) is 10.8 Å². The Bertz CT molecular complexity index is 496. The molecule has 2 aliphatic heterocycles. The predicted octanol–water partition coefficient (Wildman–Crippen LogP) is 3.28. The van der Waals surface area contributed by atoms with Crippen LogP contribution in [0.5, 0.6) is 0 Å². The lowest BCUT2D eigenvalue weighted by Gasteiger charge is -2.40. The third kappa shape index (κ3) is 1.73. The quantitative estimate of drug-likeness (QED) is 0.763. The van der Waals surface area contributed by atoms with E-state index in [2.05, 4.69) is 18.2 Å². The molecule has 1 aromatic carbocycles. The zero-order valence-electron chi connectivity index (χ0n) is 10.5. The summed E-state index contributed by atoms with van der Waals surface area (Å²) in [5.74, 6) is 0.177. The normalized spacial score (nSPS) is 38.1. The second-order valence-electron chi connectivity index (χ2n) is 4.99. The van der Waals surface area contributed by atoms with E-state index in [-0.39, 0.29) is 17.9 Å². The summed E-state index contributed by atoms with van der Waals surface area (Å²) in [6.07, 6.45) is 4.06. The average molecular weight is 260 g/mol. The summed E-state index contributed by atoms with van der Waals surface area (Å²) in [6.45, 7) is 3.93. The number of Topliss-reactive ketones (excluding diaryl/α,β-unsaturated/α-hetero) is 1. The number of carbonyl (C=O) groups is 1. The molecule has 18 heavy (non-hydrogen) atoms. The van der Waals surface area contributed by atoms with E-state index < -0.39 is 4.93 Å². The van der Waals surface area contributed by atoms with Crippen molar-refractivity contribution in [1.82, 2.24) is 0 Å². The second-order valence-corrected chi connectivity index (χ2v) is 6.30. The van der Waals surface area contributed by atoms with Crippen LogP contribution in [0.2, 0.25) is 0 Å². The van der Waals surface area contributed by atoms with Gasteiger partial charge in [-0.05, 0) is 18.2 Å².